The number of carbonyl (C=O) groups is 1. The molecule has 0 bridgehead atoms. The molecule has 1 amide bonds. The van der Waals surface area contributed by atoms with E-state index in [9.17, 15) is 4.79 Å². The number of nitrogens with one attached hydrogen (secondary N) is 1. The monoisotopic (exact) mass is 341 g/mol. The second-order valence-electron chi connectivity index (χ2n) is 2.80. The van der Waals surface area contributed by atoms with Crippen LogP contribution in [0.25, 0.3) is 0 Å². The molecule has 6 heteroatoms. The average Bonchev–Trinajstić information content (AvgIpc) is 2.41. The molecule has 14 heavy (non-hydrogen) atoms. The Morgan fingerprint density at radius 1 is 1.71 bits per heavy atom. The number of aliphatic hydroxyl groups excluding tert-OH is 1. The van der Waals surface area contributed by atoms with Crippen LogP contribution in [0.5, 0.6) is 0 Å². The number of halogens is 2. The first-order chi connectivity index (χ1) is 6.50. The van der Waals surface area contributed by atoms with E-state index in [-0.39, 0.29) is 12.5 Å². The van der Waals surface area contributed by atoms with Gasteiger partial charge in [0.05, 0.1) is 19.2 Å². The van der Waals surface area contributed by atoms with E-state index >= 15 is 0 Å². The molecular weight excluding hydrogens is 334 g/mol. The van der Waals surface area contributed by atoms with E-state index < -0.39 is 6.10 Å². The highest BCUT2D eigenvalue weighted by atomic mass is 79.9. The van der Waals surface area contributed by atoms with Gasteiger partial charge in [-0.15, -0.1) is 11.3 Å². The predicted octanol–water partition coefficient (Wildman–Crippen LogP) is 2.38. The Hall–Kier alpha value is 0.0900. The van der Waals surface area contributed by atoms with Crippen LogP contribution in [0.2, 0.25) is 0 Å². The molecule has 0 aliphatic rings. The summed E-state index contributed by atoms with van der Waals surface area (Å²) in [5.74, 6) is -0.181. The normalized spacial score (nSPS) is 12.6. The smallest absolute Gasteiger partial charge is 0.253 e. The fraction of sp³-hybridized carbons (Fsp3) is 0.375. The van der Waals surface area contributed by atoms with Gasteiger partial charge in [-0.2, -0.15) is 0 Å². The molecule has 0 saturated heterocycles. The van der Waals surface area contributed by atoms with Crippen molar-refractivity contribution >= 4 is 49.1 Å². The Balaban J connectivity index is 2.65. The first-order valence-electron chi connectivity index (χ1n) is 3.92. The SMILES string of the molecule is C[C@H](O)CNC(=O)c1cc(Br)sc1Br. The number of thiophene rings is 1. The summed E-state index contributed by atoms with van der Waals surface area (Å²) in [7, 11) is 0. The summed E-state index contributed by atoms with van der Waals surface area (Å²) in [6.07, 6.45) is -0.528. The Morgan fingerprint density at radius 3 is 2.79 bits per heavy atom. The largest absolute Gasteiger partial charge is 0.392 e. The van der Waals surface area contributed by atoms with Gasteiger partial charge in [-0.05, 0) is 44.8 Å². The molecule has 1 heterocycles. The molecule has 0 spiro atoms. The van der Waals surface area contributed by atoms with Crippen LogP contribution < -0.4 is 5.32 Å². The zero-order valence-corrected chi connectivity index (χ0v) is 11.4. The molecule has 3 nitrogen and oxygen atoms in total. The van der Waals surface area contributed by atoms with Gasteiger partial charge in [0.1, 0.15) is 0 Å². The molecule has 0 fully saturated rings. The zero-order chi connectivity index (χ0) is 10.7. The minimum atomic E-state index is -0.528. The molecule has 1 atom stereocenters. The Kier molecular flexibility index (Phi) is 4.56. The zero-order valence-electron chi connectivity index (χ0n) is 7.38. The van der Waals surface area contributed by atoms with Gasteiger partial charge in [0.2, 0.25) is 0 Å². The van der Waals surface area contributed by atoms with Crippen LogP contribution in [0.4, 0.5) is 0 Å². The molecule has 0 aromatic carbocycles. The lowest BCUT2D eigenvalue weighted by Gasteiger charge is -2.05. The highest BCUT2D eigenvalue weighted by Crippen LogP contribution is 2.31. The lowest BCUT2D eigenvalue weighted by molar-refractivity contribution is 0.0924. The summed E-state index contributed by atoms with van der Waals surface area (Å²) in [6, 6.07) is 1.74. The van der Waals surface area contributed by atoms with Crippen molar-refractivity contribution in [3.8, 4) is 0 Å². The molecule has 1 aromatic heterocycles. The van der Waals surface area contributed by atoms with Crippen LogP contribution in [0.15, 0.2) is 13.6 Å². The van der Waals surface area contributed by atoms with Gasteiger partial charge in [-0.25, -0.2) is 0 Å². The molecule has 0 radical (unpaired) electrons. The van der Waals surface area contributed by atoms with E-state index in [1.165, 1.54) is 11.3 Å². The van der Waals surface area contributed by atoms with Crippen LogP contribution in [0.3, 0.4) is 0 Å². The van der Waals surface area contributed by atoms with Crippen LogP contribution in [-0.4, -0.2) is 23.7 Å². The van der Waals surface area contributed by atoms with E-state index in [0.29, 0.717) is 5.56 Å². The number of carbonyl (C=O) groups excluding carboxylic acids is 1. The van der Waals surface area contributed by atoms with Gasteiger partial charge in [0.15, 0.2) is 0 Å². The number of aliphatic hydroxyl groups is 1. The lowest BCUT2D eigenvalue weighted by atomic mass is 10.3. The molecule has 0 unspecified atom stereocenters. The van der Waals surface area contributed by atoms with Gasteiger partial charge in [-0.3, -0.25) is 4.79 Å². The van der Waals surface area contributed by atoms with E-state index in [2.05, 4.69) is 37.2 Å². The summed E-state index contributed by atoms with van der Waals surface area (Å²) in [6.45, 7) is 1.89. The summed E-state index contributed by atoms with van der Waals surface area (Å²) in [5, 5.41) is 11.6. The number of amides is 1. The summed E-state index contributed by atoms with van der Waals surface area (Å²) in [4.78, 5) is 11.5. The third-order valence-corrected chi connectivity index (χ3v) is 3.80. The van der Waals surface area contributed by atoms with Crippen molar-refractivity contribution in [2.24, 2.45) is 0 Å². The quantitative estimate of drug-likeness (QED) is 0.886. The van der Waals surface area contributed by atoms with Crippen molar-refractivity contribution in [2.45, 2.75) is 13.0 Å². The van der Waals surface area contributed by atoms with Crippen molar-refractivity contribution in [2.75, 3.05) is 6.54 Å². The van der Waals surface area contributed by atoms with Crippen molar-refractivity contribution < 1.29 is 9.90 Å². The standard InChI is InChI=1S/C8H9Br2NO2S/c1-4(12)3-11-8(13)5-2-6(9)14-7(5)10/h2,4,12H,3H2,1H3,(H,11,13)/t4-/m0/s1. The maximum absolute atomic E-state index is 11.5. The minimum Gasteiger partial charge on any atom is -0.392 e. The molecule has 0 saturated carbocycles. The summed E-state index contributed by atoms with van der Waals surface area (Å²) >= 11 is 8.02. The molecule has 2 N–H and O–H groups in total. The fourth-order valence-corrected chi connectivity index (χ4v) is 3.62. The third kappa shape index (κ3) is 3.34. The van der Waals surface area contributed by atoms with Crippen molar-refractivity contribution in [1.82, 2.24) is 5.32 Å². The van der Waals surface area contributed by atoms with Crippen molar-refractivity contribution in [1.29, 1.82) is 0 Å². The second-order valence-corrected chi connectivity index (χ2v) is 6.55. The molecular formula is C8H9Br2NO2S. The van der Waals surface area contributed by atoms with E-state index in [4.69, 9.17) is 5.11 Å². The Morgan fingerprint density at radius 2 is 2.36 bits per heavy atom. The lowest BCUT2D eigenvalue weighted by Crippen LogP contribution is -2.30. The van der Waals surface area contributed by atoms with Crippen molar-refractivity contribution in [3.05, 3.63) is 19.2 Å². The van der Waals surface area contributed by atoms with Crippen LogP contribution in [-0.2, 0) is 0 Å². The Bertz CT molecular complexity index is 338. The minimum absolute atomic E-state index is 0.181. The fourth-order valence-electron chi connectivity index (χ4n) is 0.831. The molecule has 1 aromatic rings. The van der Waals surface area contributed by atoms with Gasteiger partial charge < -0.3 is 10.4 Å². The second kappa shape index (κ2) is 5.25. The van der Waals surface area contributed by atoms with Gasteiger partial charge in [0, 0.05) is 6.54 Å². The number of hydrogen-bond acceptors (Lipinski definition) is 3. The summed E-state index contributed by atoms with van der Waals surface area (Å²) in [5.41, 5.74) is 0.586. The van der Waals surface area contributed by atoms with Gasteiger partial charge in [-0.1, -0.05) is 0 Å². The first kappa shape index (κ1) is 12.2. The van der Waals surface area contributed by atoms with E-state index in [1.54, 1.807) is 13.0 Å². The molecule has 1 rings (SSSR count). The highest BCUT2D eigenvalue weighted by Gasteiger charge is 2.13. The van der Waals surface area contributed by atoms with Crippen LogP contribution in [0.1, 0.15) is 17.3 Å². The molecule has 78 valence electrons. The maximum Gasteiger partial charge on any atom is 0.253 e. The number of rotatable bonds is 3. The molecule has 0 aliphatic carbocycles. The van der Waals surface area contributed by atoms with Gasteiger partial charge >= 0.3 is 0 Å². The number of hydrogen-bond donors (Lipinski definition) is 2. The first-order valence-corrected chi connectivity index (χ1v) is 6.32. The van der Waals surface area contributed by atoms with Crippen LogP contribution >= 0.6 is 43.2 Å². The average molecular weight is 343 g/mol. The summed E-state index contributed by atoms with van der Waals surface area (Å²) < 4.78 is 1.68. The third-order valence-electron chi connectivity index (χ3n) is 1.46. The van der Waals surface area contributed by atoms with Crippen molar-refractivity contribution in [3.63, 3.8) is 0 Å². The predicted molar refractivity (Wildman–Crippen MR) is 63.7 cm³/mol. The topological polar surface area (TPSA) is 49.3 Å². The van der Waals surface area contributed by atoms with E-state index in [1.807, 2.05) is 0 Å². The Labute approximate surface area is 103 Å². The highest BCUT2D eigenvalue weighted by molar-refractivity contribution is 9.12. The maximum atomic E-state index is 11.5. The van der Waals surface area contributed by atoms with E-state index in [0.717, 1.165) is 7.57 Å². The molecule has 0 aliphatic heterocycles. The van der Waals surface area contributed by atoms with Gasteiger partial charge in [0.25, 0.3) is 5.91 Å². The van der Waals surface area contributed by atoms with Crippen LogP contribution in [0, 0.1) is 0 Å².